The maximum Gasteiger partial charge on any atom is 0.277 e. The molecular formula is C12H12N6O2. The van der Waals surface area contributed by atoms with E-state index in [1.165, 1.54) is 6.33 Å². The molecule has 0 aromatic carbocycles. The Balaban J connectivity index is 1.93. The lowest BCUT2D eigenvalue weighted by atomic mass is 10.3. The number of aromatic amines is 1. The van der Waals surface area contributed by atoms with Crippen molar-refractivity contribution in [2.24, 2.45) is 0 Å². The molecule has 0 saturated heterocycles. The number of fused-ring (bicyclic) bond motifs is 1. The van der Waals surface area contributed by atoms with E-state index in [0.29, 0.717) is 35.2 Å². The second kappa shape index (κ2) is 4.72. The third-order valence-corrected chi connectivity index (χ3v) is 2.81. The summed E-state index contributed by atoms with van der Waals surface area (Å²) < 4.78 is 5.31. The van der Waals surface area contributed by atoms with Crippen molar-refractivity contribution >= 4 is 16.9 Å². The molecule has 3 rings (SSSR count). The number of rotatable bonds is 3. The average Bonchev–Trinajstić information content (AvgIpc) is 2.84. The van der Waals surface area contributed by atoms with Crippen molar-refractivity contribution in [3.63, 3.8) is 0 Å². The first-order valence-electron chi connectivity index (χ1n) is 5.98. The van der Waals surface area contributed by atoms with Crippen LogP contribution in [0.1, 0.15) is 11.8 Å². The first-order chi connectivity index (χ1) is 9.63. The molecule has 3 aromatic heterocycles. The molecule has 0 spiro atoms. The highest BCUT2D eigenvalue weighted by Gasteiger charge is 2.10. The minimum Gasteiger partial charge on any atom is -0.424 e. The van der Waals surface area contributed by atoms with Crippen LogP contribution >= 0.6 is 0 Å². The monoisotopic (exact) mass is 272 g/mol. The summed E-state index contributed by atoms with van der Waals surface area (Å²) in [5.41, 5.74) is 0.594. The van der Waals surface area contributed by atoms with Crippen LogP contribution in [0.25, 0.3) is 11.0 Å². The van der Waals surface area contributed by atoms with Gasteiger partial charge in [0.2, 0.25) is 11.8 Å². The zero-order chi connectivity index (χ0) is 14.1. The number of pyridine rings is 1. The summed E-state index contributed by atoms with van der Waals surface area (Å²) in [5, 5.41) is 7.69. The molecule has 0 aliphatic heterocycles. The van der Waals surface area contributed by atoms with Crippen LogP contribution in [0.5, 0.6) is 0 Å². The van der Waals surface area contributed by atoms with Gasteiger partial charge in [-0.15, -0.1) is 10.2 Å². The highest BCUT2D eigenvalue weighted by molar-refractivity contribution is 5.74. The van der Waals surface area contributed by atoms with Crippen molar-refractivity contribution in [2.75, 3.05) is 11.9 Å². The van der Waals surface area contributed by atoms with E-state index in [0.717, 1.165) is 0 Å². The van der Waals surface area contributed by atoms with Crippen LogP contribution in [-0.2, 0) is 6.54 Å². The molecule has 0 unspecified atom stereocenters. The predicted molar refractivity (Wildman–Crippen MR) is 71.3 cm³/mol. The van der Waals surface area contributed by atoms with Gasteiger partial charge in [0.25, 0.3) is 5.56 Å². The molecule has 0 aliphatic carbocycles. The zero-order valence-corrected chi connectivity index (χ0v) is 11.0. The average molecular weight is 272 g/mol. The lowest BCUT2D eigenvalue weighted by Crippen LogP contribution is -2.19. The minimum atomic E-state index is -0.265. The second-order valence-corrected chi connectivity index (χ2v) is 4.34. The summed E-state index contributed by atoms with van der Waals surface area (Å²) in [6.45, 7) is 2.15. The van der Waals surface area contributed by atoms with Crippen LogP contribution in [-0.4, -0.2) is 32.2 Å². The zero-order valence-electron chi connectivity index (χ0n) is 11.0. The van der Waals surface area contributed by atoms with E-state index >= 15 is 0 Å². The second-order valence-electron chi connectivity index (χ2n) is 4.34. The van der Waals surface area contributed by atoms with E-state index in [4.69, 9.17) is 4.42 Å². The molecule has 3 aromatic rings. The molecule has 0 aliphatic rings. The number of hydrogen-bond acceptors (Lipinski definition) is 7. The Morgan fingerprint density at radius 1 is 1.35 bits per heavy atom. The van der Waals surface area contributed by atoms with Crippen molar-refractivity contribution in [3.05, 3.63) is 40.6 Å². The Morgan fingerprint density at radius 3 is 2.95 bits per heavy atom. The van der Waals surface area contributed by atoms with Gasteiger partial charge in [-0.1, -0.05) is 0 Å². The number of aryl methyl sites for hydroxylation is 1. The SMILES string of the molecule is Cc1nnc(CN(C)c2ccc3nc[nH]c(=O)c3n2)o1. The van der Waals surface area contributed by atoms with Crippen LogP contribution in [0, 0.1) is 6.92 Å². The van der Waals surface area contributed by atoms with Gasteiger partial charge in [-0.2, -0.15) is 0 Å². The van der Waals surface area contributed by atoms with Crippen molar-refractivity contribution in [3.8, 4) is 0 Å². The maximum atomic E-state index is 11.7. The van der Waals surface area contributed by atoms with Crippen LogP contribution in [0.3, 0.4) is 0 Å². The van der Waals surface area contributed by atoms with E-state index in [1.54, 1.807) is 19.1 Å². The first-order valence-corrected chi connectivity index (χ1v) is 5.98. The molecule has 0 radical (unpaired) electrons. The van der Waals surface area contributed by atoms with Gasteiger partial charge in [-0.3, -0.25) is 4.79 Å². The highest BCUT2D eigenvalue weighted by atomic mass is 16.4. The highest BCUT2D eigenvalue weighted by Crippen LogP contribution is 2.14. The van der Waals surface area contributed by atoms with Crippen molar-refractivity contribution in [1.29, 1.82) is 0 Å². The molecular weight excluding hydrogens is 260 g/mol. The van der Waals surface area contributed by atoms with Gasteiger partial charge in [0.05, 0.1) is 18.4 Å². The molecule has 3 heterocycles. The number of aromatic nitrogens is 5. The molecule has 0 bridgehead atoms. The maximum absolute atomic E-state index is 11.7. The molecule has 20 heavy (non-hydrogen) atoms. The number of H-pyrrole nitrogens is 1. The summed E-state index contributed by atoms with van der Waals surface area (Å²) in [7, 11) is 1.83. The Bertz CT molecular complexity index is 809. The molecule has 0 saturated carbocycles. The molecule has 0 atom stereocenters. The lowest BCUT2D eigenvalue weighted by Gasteiger charge is -2.15. The predicted octanol–water partition coefficient (Wildman–Crippen LogP) is 0.646. The molecule has 8 nitrogen and oxygen atoms in total. The Hall–Kier alpha value is -2.77. The van der Waals surface area contributed by atoms with Crippen LogP contribution in [0.2, 0.25) is 0 Å². The fraction of sp³-hybridized carbons (Fsp3) is 0.250. The minimum absolute atomic E-state index is 0.265. The summed E-state index contributed by atoms with van der Waals surface area (Å²) in [6.07, 6.45) is 1.36. The largest absolute Gasteiger partial charge is 0.424 e. The summed E-state index contributed by atoms with van der Waals surface area (Å²) >= 11 is 0. The molecule has 102 valence electrons. The van der Waals surface area contributed by atoms with Crippen molar-refractivity contribution < 1.29 is 4.42 Å². The Morgan fingerprint density at radius 2 is 2.20 bits per heavy atom. The molecule has 8 heteroatoms. The van der Waals surface area contributed by atoms with E-state index in [1.807, 2.05) is 11.9 Å². The van der Waals surface area contributed by atoms with Gasteiger partial charge in [0, 0.05) is 14.0 Å². The van der Waals surface area contributed by atoms with Crippen LogP contribution < -0.4 is 10.5 Å². The van der Waals surface area contributed by atoms with Gasteiger partial charge in [0.15, 0.2) is 5.52 Å². The number of anilines is 1. The third kappa shape index (κ3) is 2.22. The fourth-order valence-electron chi connectivity index (χ4n) is 1.84. The van der Waals surface area contributed by atoms with E-state index < -0.39 is 0 Å². The van der Waals surface area contributed by atoms with Crippen LogP contribution in [0.4, 0.5) is 5.82 Å². The third-order valence-electron chi connectivity index (χ3n) is 2.81. The quantitative estimate of drug-likeness (QED) is 0.746. The smallest absolute Gasteiger partial charge is 0.277 e. The number of nitrogens with one attached hydrogen (secondary N) is 1. The topological polar surface area (TPSA) is 101 Å². The summed E-state index contributed by atoms with van der Waals surface area (Å²) in [4.78, 5) is 24.4. The Labute approximate surface area is 113 Å². The number of nitrogens with zero attached hydrogens (tertiary/aromatic N) is 5. The summed E-state index contributed by atoms with van der Waals surface area (Å²) in [5.74, 6) is 1.64. The van der Waals surface area contributed by atoms with Gasteiger partial charge in [0.1, 0.15) is 5.82 Å². The molecule has 1 N–H and O–H groups in total. The first kappa shape index (κ1) is 12.3. The standard InChI is InChI=1S/C12H12N6O2/c1-7-16-17-10(20-7)5-18(2)9-4-3-8-11(15-9)12(19)14-6-13-8/h3-4,6H,5H2,1-2H3,(H,13,14,19). The van der Waals surface area contributed by atoms with Crippen molar-refractivity contribution in [1.82, 2.24) is 25.1 Å². The molecule has 0 amide bonds. The van der Waals surface area contributed by atoms with Gasteiger partial charge >= 0.3 is 0 Å². The van der Waals surface area contributed by atoms with E-state index in [9.17, 15) is 4.79 Å². The summed E-state index contributed by atoms with van der Waals surface area (Å²) in [6, 6.07) is 3.54. The van der Waals surface area contributed by atoms with E-state index in [-0.39, 0.29) is 5.56 Å². The van der Waals surface area contributed by atoms with Crippen molar-refractivity contribution in [2.45, 2.75) is 13.5 Å². The molecule has 0 fully saturated rings. The number of hydrogen-bond donors (Lipinski definition) is 1. The Kier molecular flexibility index (Phi) is 2.90. The van der Waals surface area contributed by atoms with E-state index in [2.05, 4.69) is 25.1 Å². The van der Waals surface area contributed by atoms with Gasteiger partial charge < -0.3 is 14.3 Å². The fourth-order valence-corrected chi connectivity index (χ4v) is 1.84. The van der Waals surface area contributed by atoms with Gasteiger partial charge in [-0.05, 0) is 12.1 Å². The van der Waals surface area contributed by atoms with Crippen LogP contribution in [0.15, 0.2) is 27.7 Å². The van der Waals surface area contributed by atoms with Gasteiger partial charge in [-0.25, -0.2) is 9.97 Å². The lowest BCUT2D eigenvalue weighted by molar-refractivity contribution is 0.465. The normalized spacial score (nSPS) is 10.9.